The molecule has 0 heterocycles. The molecule has 2 N–H and O–H groups in total. The lowest BCUT2D eigenvalue weighted by Gasteiger charge is -2.33. The summed E-state index contributed by atoms with van der Waals surface area (Å²) in [5.74, 6) is 1.11. The maximum absolute atomic E-state index is 12.3. The second-order valence-corrected chi connectivity index (χ2v) is 9.39. The molecule has 6 nitrogen and oxygen atoms in total. The number of para-hydroxylation sites is 1. The van der Waals surface area contributed by atoms with Gasteiger partial charge >= 0.3 is 5.97 Å². The molecule has 2 aromatic rings. The Morgan fingerprint density at radius 1 is 0.971 bits per heavy atom. The molecular weight excluding hydrogens is 454 g/mol. The highest BCUT2D eigenvalue weighted by molar-refractivity contribution is 5.85. The summed E-state index contributed by atoms with van der Waals surface area (Å²) < 4.78 is 23.4. The number of hydrogen-bond acceptors (Lipinski definition) is 6. The Morgan fingerprint density at radius 3 is 2.12 bits per heavy atom. The Labute approximate surface area is 210 Å². The zero-order valence-corrected chi connectivity index (χ0v) is 22.0. The number of nitrogens with two attached hydrogens (primary N) is 1. The molecule has 0 saturated carbocycles. The van der Waals surface area contributed by atoms with Crippen LogP contribution in [0.4, 0.5) is 0 Å². The SMILES string of the molecule is COc1ccc(C[C@@H](CCOC(C)(C)C)[C@@H](Oc2ccccc2)[C@H](C)OC(=O)[C@H](C)N)cc1.Cl. The van der Waals surface area contributed by atoms with Gasteiger partial charge in [-0.15, -0.1) is 12.4 Å². The zero-order valence-electron chi connectivity index (χ0n) is 21.2. The number of esters is 1. The molecule has 7 heteroatoms. The van der Waals surface area contributed by atoms with Crippen LogP contribution in [-0.4, -0.2) is 43.5 Å². The fourth-order valence-corrected chi connectivity index (χ4v) is 3.55. The van der Waals surface area contributed by atoms with Crippen molar-refractivity contribution in [2.24, 2.45) is 11.7 Å². The van der Waals surface area contributed by atoms with Crippen molar-refractivity contribution >= 4 is 18.4 Å². The predicted octanol–water partition coefficient (Wildman–Crippen LogP) is 5.21. The largest absolute Gasteiger partial charge is 0.497 e. The van der Waals surface area contributed by atoms with Gasteiger partial charge in [-0.2, -0.15) is 0 Å². The maximum Gasteiger partial charge on any atom is 0.323 e. The molecule has 0 radical (unpaired) electrons. The van der Waals surface area contributed by atoms with Gasteiger partial charge in [0.2, 0.25) is 0 Å². The van der Waals surface area contributed by atoms with Crippen LogP contribution < -0.4 is 15.2 Å². The van der Waals surface area contributed by atoms with E-state index in [1.807, 2.05) is 70.2 Å². The van der Waals surface area contributed by atoms with Gasteiger partial charge in [0.1, 0.15) is 29.7 Å². The van der Waals surface area contributed by atoms with Gasteiger partial charge in [-0.1, -0.05) is 30.3 Å². The zero-order chi connectivity index (χ0) is 24.4. The Morgan fingerprint density at radius 2 is 1.59 bits per heavy atom. The molecule has 0 aliphatic rings. The first-order valence-electron chi connectivity index (χ1n) is 11.5. The van der Waals surface area contributed by atoms with E-state index in [9.17, 15) is 4.79 Å². The minimum Gasteiger partial charge on any atom is -0.497 e. The number of carbonyl (C=O) groups is 1. The molecule has 2 aromatic carbocycles. The summed E-state index contributed by atoms with van der Waals surface area (Å²) in [5, 5.41) is 0. The van der Waals surface area contributed by atoms with Crippen molar-refractivity contribution in [1.29, 1.82) is 0 Å². The number of methoxy groups -OCH3 is 1. The van der Waals surface area contributed by atoms with Gasteiger partial charge in [0.15, 0.2) is 0 Å². The predicted molar refractivity (Wildman–Crippen MR) is 138 cm³/mol. The van der Waals surface area contributed by atoms with Gasteiger partial charge in [0, 0.05) is 12.5 Å². The molecule has 0 saturated heterocycles. The Balaban J connectivity index is 0.00000578. The number of rotatable bonds is 12. The van der Waals surface area contributed by atoms with Gasteiger partial charge in [-0.3, -0.25) is 4.79 Å². The van der Waals surface area contributed by atoms with Crippen LogP contribution in [0.15, 0.2) is 54.6 Å². The molecule has 4 atom stereocenters. The number of halogens is 1. The van der Waals surface area contributed by atoms with E-state index in [1.165, 1.54) is 0 Å². The van der Waals surface area contributed by atoms with Crippen molar-refractivity contribution < 1.29 is 23.7 Å². The van der Waals surface area contributed by atoms with Gasteiger partial charge in [0.05, 0.1) is 12.7 Å². The third kappa shape index (κ3) is 10.3. The quantitative estimate of drug-likeness (QED) is 0.409. The smallest absolute Gasteiger partial charge is 0.323 e. The summed E-state index contributed by atoms with van der Waals surface area (Å²) in [7, 11) is 1.65. The summed E-state index contributed by atoms with van der Waals surface area (Å²) in [5.41, 5.74) is 6.64. The Kier molecular flexibility index (Phi) is 12.4. The van der Waals surface area contributed by atoms with Crippen LogP contribution in [0.25, 0.3) is 0 Å². The van der Waals surface area contributed by atoms with Gasteiger partial charge in [-0.25, -0.2) is 0 Å². The number of hydrogen-bond donors (Lipinski definition) is 1. The van der Waals surface area contributed by atoms with E-state index in [0.29, 0.717) is 6.61 Å². The third-order valence-electron chi connectivity index (χ3n) is 5.30. The standard InChI is InChI=1S/C27H39NO5.ClH/c1-19(28)26(29)32-20(2)25(33-24-10-8-7-9-11-24)22(16-17-31-27(3,4)5)18-21-12-14-23(30-6)15-13-21;/h7-15,19-20,22,25H,16-18,28H2,1-6H3;1H/t19-,20-,22+,25-;/m0./s1. The van der Waals surface area contributed by atoms with Crippen LogP contribution >= 0.6 is 12.4 Å². The van der Waals surface area contributed by atoms with E-state index < -0.39 is 18.1 Å². The van der Waals surface area contributed by atoms with Crippen LogP contribution in [0, 0.1) is 5.92 Å². The maximum atomic E-state index is 12.3. The fraction of sp³-hybridized carbons (Fsp3) is 0.519. The first-order valence-corrected chi connectivity index (χ1v) is 11.5. The third-order valence-corrected chi connectivity index (χ3v) is 5.30. The Bertz CT molecular complexity index is 836. The first kappa shape index (κ1) is 29.8. The van der Waals surface area contributed by atoms with Crippen molar-refractivity contribution in [3.63, 3.8) is 0 Å². The number of carbonyl (C=O) groups excluding carboxylic acids is 1. The van der Waals surface area contributed by atoms with Gasteiger partial charge in [0.25, 0.3) is 0 Å². The first-order chi connectivity index (χ1) is 15.6. The van der Waals surface area contributed by atoms with Crippen LogP contribution in [-0.2, 0) is 20.7 Å². The molecule has 34 heavy (non-hydrogen) atoms. The summed E-state index contributed by atoms with van der Waals surface area (Å²) in [6, 6.07) is 16.9. The summed E-state index contributed by atoms with van der Waals surface area (Å²) >= 11 is 0. The van der Waals surface area contributed by atoms with E-state index in [-0.39, 0.29) is 30.0 Å². The van der Waals surface area contributed by atoms with Crippen molar-refractivity contribution in [1.82, 2.24) is 0 Å². The van der Waals surface area contributed by atoms with Crippen molar-refractivity contribution in [2.45, 2.75) is 71.3 Å². The molecule has 0 spiro atoms. The normalized spacial score (nSPS) is 14.8. The molecule has 190 valence electrons. The fourth-order valence-electron chi connectivity index (χ4n) is 3.55. The Hall–Kier alpha value is -2.28. The van der Waals surface area contributed by atoms with E-state index in [0.717, 1.165) is 29.9 Å². The molecule has 0 bridgehead atoms. The number of ether oxygens (including phenoxy) is 4. The summed E-state index contributed by atoms with van der Waals surface area (Å²) in [6.07, 6.45) is 0.581. The molecule has 0 unspecified atom stereocenters. The molecule has 0 fully saturated rings. The van der Waals surface area contributed by atoms with Crippen LogP contribution in [0.3, 0.4) is 0 Å². The second kappa shape index (κ2) is 14.2. The van der Waals surface area contributed by atoms with Crippen LogP contribution in [0.2, 0.25) is 0 Å². The molecule has 0 amide bonds. The van der Waals surface area contributed by atoms with E-state index in [1.54, 1.807) is 14.0 Å². The molecule has 0 aliphatic carbocycles. The van der Waals surface area contributed by atoms with Crippen molar-refractivity contribution in [3.8, 4) is 11.5 Å². The molecule has 0 aromatic heterocycles. The highest BCUT2D eigenvalue weighted by atomic mass is 35.5. The van der Waals surface area contributed by atoms with Crippen molar-refractivity contribution in [2.75, 3.05) is 13.7 Å². The second-order valence-electron chi connectivity index (χ2n) is 9.39. The lowest BCUT2D eigenvalue weighted by Crippen LogP contribution is -2.43. The minimum absolute atomic E-state index is 0. The highest BCUT2D eigenvalue weighted by Crippen LogP contribution is 2.27. The monoisotopic (exact) mass is 493 g/mol. The van der Waals surface area contributed by atoms with E-state index >= 15 is 0 Å². The summed E-state index contributed by atoms with van der Waals surface area (Å²) in [4.78, 5) is 12.3. The number of benzene rings is 2. The highest BCUT2D eigenvalue weighted by Gasteiger charge is 2.32. The van der Waals surface area contributed by atoms with Crippen LogP contribution in [0.1, 0.15) is 46.6 Å². The minimum atomic E-state index is -0.700. The molecule has 2 rings (SSSR count). The van der Waals surface area contributed by atoms with Crippen molar-refractivity contribution in [3.05, 3.63) is 60.2 Å². The lowest BCUT2D eigenvalue weighted by atomic mass is 9.88. The summed E-state index contributed by atoms with van der Waals surface area (Å²) in [6.45, 7) is 10.2. The molecule has 0 aliphatic heterocycles. The average Bonchev–Trinajstić information content (AvgIpc) is 2.77. The molecular formula is C27H40ClNO5. The van der Waals surface area contributed by atoms with Crippen LogP contribution in [0.5, 0.6) is 11.5 Å². The van der Waals surface area contributed by atoms with Gasteiger partial charge in [-0.05, 0) is 77.3 Å². The lowest BCUT2D eigenvalue weighted by molar-refractivity contribution is -0.155. The van der Waals surface area contributed by atoms with Gasteiger partial charge < -0.3 is 24.7 Å². The van der Waals surface area contributed by atoms with E-state index in [2.05, 4.69) is 12.1 Å². The average molecular weight is 494 g/mol. The van der Waals surface area contributed by atoms with E-state index in [4.69, 9.17) is 24.7 Å². The topological polar surface area (TPSA) is 80.0 Å².